The van der Waals surface area contributed by atoms with Gasteiger partial charge in [0.15, 0.2) is 6.17 Å². The van der Waals surface area contributed by atoms with Gasteiger partial charge in [-0.15, -0.1) is 0 Å². The number of alkyl halides is 3. The Labute approximate surface area is 84.5 Å². The molecule has 0 aliphatic carbocycles. The molecule has 2 aliphatic rings. The van der Waals surface area contributed by atoms with Crippen molar-refractivity contribution < 1.29 is 17.9 Å². The van der Waals surface area contributed by atoms with Gasteiger partial charge in [0.2, 0.25) is 0 Å². The van der Waals surface area contributed by atoms with Crippen LogP contribution in [0.3, 0.4) is 0 Å². The molecule has 0 bridgehead atoms. The van der Waals surface area contributed by atoms with Gasteiger partial charge in [0.25, 0.3) is 0 Å². The number of rotatable bonds is 1. The van der Waals surface area contributed by atoms with E-state index >= 15 is 0 Å². The molecular formula is C9H9F3N2O. The zero-order valence-corrected chi connectivity index (χ0v) is 7.88. The number of methoxy groups -OCH3 is 1. The van der Waals surface area contributed by atoms with Gasteiger partial charge in [-0.05, 0) is 12.2 Å². The molecule has 1 atom stereocenters. The average molecular weight is 218 g/mol. The van der Waals surface area contributed by atoms with Crippen molar-refractivity contribution in [3.8, 4) is 0 Å². The Kier molecular flexibility index (Phi) is 2.13. The van der Waals surface area contributed by atoms with E-state index in [4.69, 9.17) is 4.74 Å². The number of hydrogen-bond donors (Lipinski definition) is 1. The van der Waals surface area contributed by atoms with Crippen LogP contribution in [0.25, 0.3) is 0 Å². The molecule has 0 aromatic carbocycles. The molecule has 15 heavy (non-hydrogen) atoms. The third-order valence-electron chi connectivity index (χ3n) is 2.20. The molecule has 0 saturated heterocycles. The van der Waals surface area contributed by atoms with E-state index in [-0.39, 0.29) is 0 Å². The smallest absolute Gasteiger partial charge is 0.432 e. The van der Waals surface area contributed by atoms with Gasteiger partial charge in [0.1, 0.15) is 11.5 Å². The molecule has 6 heteroatoms. The van der Waals surface area contributed by atoms with Gasteiger partial charge in [-0.2, -0.15) is 13.2 Å². The fraction of sp³-hybridized carbons (Fsp3) is 0.333. The zero-order valence-electron chi connectivity index (χ0n) is 7.88. The predicted octanol–water partition coefficient (Wildman–Crippen LogP) is 1.68. The minimum absolute atomic E-state index is 0.452. The summed E-state index contributed by atoms with van der Waals surface area (Å²) in [6.45, 7) is 0. The van der Waals surface area contributed by atoms with E-state index in [1.807, 2.05) is 0 Å². The summed E-state index contributed by atoms with van der Waals surface area (Å²) in [6.07, 6.45) is 0.890. The summed E-state index contributed by atoms with van der Waals surface area (Å²) in [5.74, 6) is 0.452. The normalized spacial score (nSPS) is 24.3. The van der Waals surface area contributed by atoms with E-state index in [2.05, 4.69) is 5.32 Å². The molecule has 1 N–H and O–H groups in total. The first-order valence-corrected chi connectivity index (χ1v) is 4.28. The quantitative estimate of drug-likeness (QED) is 0.724. The van der Waals surface area contributed by atoms with Crippen LogP contribution < -0.4 is 5.32 Å². The lowest BCUT2D eigenvalue weighted by Gasteiger charge is -2.26. The summed E-state index contributed by atoms with van der Waals surface area (Å²) in [5.41, 5.74) is -0.762. The third kappa shape index (κ3) is 1.67. The van der Waals surface area contributed by atoms with Gasteiger partial charge in [0, 0.05) is 12.4 Å². The van der Waals surface area contributed by atoms with Crippen molar-refractivity contribution >= 4 is 0 Å². The highest BCUT2D eigenvalue weighted by molar-refractivity contribution is 5.28. The standard InChI is InChI=1S/C9H9F3N2O/c1-15-6-3-2-4-14-5-7(9(10,11)12)13-8(6)14/h2-5,8,13H,1H3. The second kappa shape index (κ2) is 3.22. The summed E-state index contributed by atoms with van der Waals surface area (Å²) >= 11 is 0. The second-order valence-electron chi connectivity index (χ2n) is 3.15. The molecule has 0 amide bonds. The molecule has 1 unspecified atom stereocenters. The lowest BCUT2D eigenvalue weighted by atomic mass is 10.3. The second-order valence-corrected chi connectivity index (χ2v) is 3.15. The van der Waals surface area contributed by atoms with Crippen molar-refractivity contribution in [1.29, 1.82) is 0 Å². The monoisotopic (exact) mass is 218 g/mol. The zero-order chi connectivity index (χ0) is 11.1. The van der Waals surface area contributed by atoms with Gasteiger partial charge in [0.05, 0.1) is 7.11 Å². The lowest BCUT2D eigenvalue weighted by Crippen LogP contribution is -2.38. The summed E-state index contributed by atoms with van der Waals surface area (Å²) in [4.78, 5) is 1.42. The van der Waals surface area contributed by atoms with Crippen molar-refractivity contribution in [2.45, 2.75) is 12.3 Å². The number of hydrogen-bond acceptors (Lipinski definition) is 3. The highest BCUT2D eigenvalue weighted by atomic mass is 19.4. The lowest BCUT2D eigenvalue weighted by molar-refractivity contribution is -0.0962. The van der Waals surface area contributed by atoms with E-state index in [1.165, 1.54) is 12.0 Å². The first kappa shape index (κ1) is 9.95. The molecule has 2 heterocycles. The molecule has 0 fully saturated rings. The SMILES string of the molecule is COC1=CC=CN2C=C(C(F)(F)F)NC12. The Hall–Kier alpha value is -1.59. The maximum absolute atomic E-state index is 12.4. The number of halogens is 3. The van der Waals surface area contributed by atoms with Crippen LogP contribution in [0.15, 0.2) is 36.0 Å². The van der Waals surface area contributed by atoms with E-state index in [0.717, 1.165) is 6.20 Å². The Morgan fingerprint density at radius 1 is 1.47 bits per heavy atom. The van der Waals surface area contributed by atoms with Crippen molar-refractivity contribution in [2.24, 2.45) is 0 Å². The van der Waals surface area contributed by atoms with Crippen LogP contribution in [0.5, 0.6) is 0 Å². The van der Waals surface area contributed by atoms with Crippen LogP contribution in [0.2, 0.25) is 0 Å². The van der Waals surface area contributed by atoms with Crippen molar-refractivity contribution in [3.63, 3.8) is 0 Å². The predicted molar refractivity (Wildman–Crippen MR) is 47.1 cm³/mol. The minimum atomic E-state index is -4.36. The highest BCUT2D eigenvalue weighted by Crippen LogP contribution is 2.31. The number of nitrogens with one attached hydrogen (secondary N) is 1. The average Bonchev–Trinajstić information content (AvgIpc) is 2.59. The van der Waals surface area contributed by atoms with Crippen molar-refractivity contribution in [2.75, 3.05) is 7.11 Å². The van der Waals surface area contributed by atoms with Gasteiger partial charge in [-0.3, -0.25) is 0 Å². The van der Waals surface area contributed by atoms with Crippen LogP contribution in [-0.2, 0) is 4.74 Å². The molecule has 2 aliphatic heterocycles. The summed E-state index contributed by atoms with van der Waals surface area (Å²) in [7, 11) is 1.43. The summed E-state index contributed by atoms with van der Waals surface area (Å²) in [5, 5.41) is 2.35. The van der Waals surface area contributed by atoms with Crippen LogP contribution in [0.1, 0.15) is 0 Å². The molecule has 0 radical (unpaired) electrons. The minimum Gasteiger partial charge on any atom is -0.497 e. The Morgan fingerprint density at radius 2 is 2.20 bits per heavy atom. The molecule has 2 rings (SSSR count). The van der Waals surface area contributed by atoms with Gasteiger partial charge >= 0.3 is 6.18 Å². The van der Waals surface area contributed by atoms with E-state index < -0.39 is 18.0 Å². The molecule has 0 saturated carbocycles. The van der Waals surface area contributed by atoms with Crippen LogP contribution in [-0.4, -0.2) is 24.4 Å². The van der Waals surface area contributed by atoms with Crippen LogP contribution in [0, 0.1) is 0 Å². The number of fused-ring (bicyclic) bond motifs is 1. The van der Waals surface area contributed by atoms with Crippen molar-refractivity contribution in [3.05, 3.63) is 36.0 Å². The molecule has 0 aromatic heterocycles. The maximum Gasteiger partial charge on any atom is 0.432 e. The van der Waals surface area contributed by atoms with Gasteiger partial charge in [-0.1, -0.05) is 0 Å². The first-order chi connectivity index (χ1) is 7.02. The Balaban J connectivity index is 2.22. The maximum atomic E-state index is 12.4. The van der Waals surface area contributed by atoms with Gasteiger partial charge in [-0.25, -0.2) is 0 Å². The Morgan fingerprint density at radius 3 is 2.80 bits per heavy atom. The topological polar surface area (TPSA) is 24.5 Å². The molecule has 82 valence electrons. The fourth-order valence-electron chi connectivity index (χ4n) is 1.49. The van der Waals surface area contributed by atoms with E-state index in [0.29, 0.717) is 5.76 Å². The fourth-order valence-corrected chi connectivity index (χ4v) is 1.49. The van der Waals surface area contributed by atoms with Crippen LogP contribution >= 0.6 is 0 Å². The summed E-state index contributed by atoms with van der Waals surface area (Å²) < 4.78 is 42.1. The summed E-state index contributed by atoms with van der Waals surface area (Å²) in [6, 6.07) is 0. The van der Waals surface area contributed by atoms with E-state index in [1.54, 1.807) is 18.4 Å². The molecule has 3 nitrogen and oxygen atoms in total. The Bertz CT molecular complexity index is 357. The van der Waals surface area contributed by atoms with E-state index in [9.17, 15) is 13.2 Å². The van der Waals surface area contributed by atoms with Crippen molar-refractivity contribution in [1.82, 2.24) is 10.2 Å². The molecular weight excluding hydrogens is 209 g/mol. The third-order valence-corrected chi connectivity index (χ3v) is 2.20. The first-order valence-electron chi connectivity index (χ1n) is 4.28. The number of nitrogens with zero attached hydrogens (tertiary/aromatic N) is 1. The molecule has 0 aromatic rings. The van der Waals surface area contributed by atoms with Crippen LogP contribution in [0.4, 0.5) is 13.2 Å². The highest BCUT2D eigenvalue weighted by Gasteiger charge is 2.41. The number of allylic oxidation sites excluding steroid dienone is 3. The molecule has 0 spiro atoms. The van der Waals surface area contributed by atoms with Gasteiger partial charge < -0.3 is 15.0 Å². The largest absolute Gasteiger partial charge is 0.497 e. The number of ether oxygens (including phenoxy) is 1.